The lowest BCUT2D eigenvalue weighted by Gasteiger charge is -2.13. The van der Waals surface area contributed by atoms with Crippen LogP contribution >= 0.6 is 11.3 Å². The van der Waals surface area contributed by atoms with Gasteiger partial charge in [-0.1, -0.05) is 31.0 Å². The van der Waals surface area contributed by atoms with Crippen molar-refractivity contribution in [3.05, 3.63) is 29.1 Å². The molecule has 0 amide bonds. The molecular formula is C14H17NO3S2. The van der Waals surface area contributed by atoms with Crippen molar-refractivity contribution >= 4 is 31.4 Å². The molecule has 1 fully saturated rings. The van der Waals surface area contributed by atoms with Gasteiger partial charge < -0.3 is 5.11 Å². The first-order valence-corrected chi connectivity index (χ1v) is 9.05. The second-order valence-electron chi connectivity index (χ2n) is 5.11. The van der Waals surface area contributed by atoms with Crippen LogP contribution in [0.5, 0.6) is 0 Å². The molecule has 0 aliphatic heterocycles. The zero-order valence-electron chi connectivity index (χ0n) is 11.0. The van der Waals surface area contributed by atoms with Gasteiger partial charge in [0.1, 0.15) is 4.90 Å². The summed E-state index contributed by atoms with van der Waals surface area (Å²) in [4.78, 5) is 0.768. The lowest BCUT2D eigenvalue weighted by atomic mass is 10.2. The fourth-order valence-electron chi connectivity index (χ4n) is 2.79. The van der Waals surface area contributed by atoms with Gasteiger partial charge in [0, 0.05) is 16.1 Å². The highest BCUT2D eigenvalue weighted by Crippen LogP contribution is 2.35. The average molecular weight is 311 g/mol. The number of hydrogen-bond donors (Lipinski definition) is 2. The van der Waals surface area contributed by atoms with E-state index in [1.54, 1.807) is 6.07 Å². The van der Waals surface area contributed by atoms with E-state index in [4.69, 9.17) is 0 Å². The standard InChI is InChI=1S/C14H17NO3S2/c16-9-13-14(11-7-3-4-8-12(11)19-13)20(17,18)15-10-5-1-2-6-10/h3-4,7-8,10,15-16H,1-2,5-6,9H2. The molecule has 0 bridgehead atoms. The van der Waals surface area contributed by atoms with Crippen molar-refractivity contribution in [2.45, 2.75) is 43.2 Å². The maximum absolute atomic E-state index is 12.6. The second kappa shape index (κ2) is 5.44. The van der Waals surface area contributed by atoms with E-state index < -0.39 is 10.0 Å². The highest BCUT2D eigenvalue weighted by molar-refractivity contribution is 7.90. The number of sulfonamides is 1. The molecule has 6 heteroatoms. The Hall–Kier alpha value is -0.950. The molecule has 1 aliphatic rings. The quantitative estimate of drug-likeness (QED) is 0.912. The van der Waals surface area contributed by atoms with Gasteiger partial charge in [0.15, 0.2) is 0 Å². The van der Waals surface area contributed by atoms with Gasteiger partial charge in [0.2, 0.25) is 10.0 Å². The third-order valence-electron chi connectivity index (χ3n) is 3.71. The SMILES string of the molecule is O=S(=O)(NC1CCCC1)c1c(CO)sc2ccccc12. The van der Waals surface area contributed by atoms with Crippen LogP contribution < -0.4 is 4.72 Å². The predicted molar refractivity (Wildman–Crippen MR) is 80.3 cm³/mol. The van der Waals surface area contributed by atoms with E-state index in [2.05, 4.69) is 4.72 Å². The van der Waals surface area contributed by atoms with E-state index in [1.165, 1.54) is 11.3 Å². The fraction of sp³-hybridized carbons (Fsp3) is 0.429. The molecule has 2 aromatic rings. The van der Waals surface area contributed by atoms with Crippen LogP contribution in [0.1, 0.15) is 30.6 Å². The summed E-state index contributed by atoms with van der Waals surface area (Å²) < 4.78 is 28.9. The van der Waals surface area contributed by atoms with Crippen molar-refractivity contribution in [2.75, 3.05) is 0 Å². The Bertz CT molecular complexity index is 715. The number of nitrogens with one attached hydrogen (secondary N) is 1. The maximum atomic E-state index is 12.6. The largest absolute Gasteiger partial charge is 0.391 e. The smallest absolute Gasteiger partial charge is 0.242 e. The van der Waals surface area contributed by atoms with Crippen LogP contribution in [0.3, 0.4) is 0 Å². The van der Waals surface area contributed by atoms with Crippen molar-refractivity contribution in [3.63, 3.8) is 0 Å². The van der Waals surface area contributed by atoms with Gasteiger partial charge in [-0.3, -0.25) is 0 Å². The Labute approximate surface area is 122 Å². The van der Waals surface area contributed by atoms with Gasteiger partial charge in [-0.25, -0.2) is 13.1 Å². The van der Waals surface area contributed by atoms with Crippen LogP contribution in [0.2, 0.25) is 0 Å². The minimum atomic E-state index is -3.57. The Kier molecular flexibility index (Phi) is 3.81. The molecule has 1 aromatic carbocycles. The van der Waals surface area contributed by atoms with Gasteiger partial charge in [0.05, 0.1) is 11.5 Å². The molecule has 20 heavy (non-hydrogen) atoms. The van der Waals surface area contributed by atoms with Crippen LogP contribution in [-0.2, 0) is 16.6 Å². The van der Waals surface area contributed by atoms with Crippen molar-refractivity contribution < 1.29 is 13.5 Å². The third-order valence-corrected chi connectivity index (χ3v) is 6.64. The molecule has 0 radical (unpaired) electrons. The Morgan fingerprint density at radius 1 is 1.25 bits per heavy atom. The van der Waals surface area contributed by atoms with E-state index in [0.29, 0.717) is 10.3 Å². The summed E-state index contributed by atoms with van der Waals surface area (Å²) in [5, 5.41) is 10.2. The Morgan fingerprint density at radius 3 is 2.65 bits per heavy atom. The number of fused-ring (bicyclic) bond motifs is 1. The van der Waals surface area contributed by atoms with E-state index in [9.17, 15) is 13.5 Å². The van der Waals surface area contributed by atoms with Gasteiger partial charge >= 0.3 is 0 Å². The Morgan fingerprint density at radius 2 is 1.95 bits per heavy atom. The van der Waals surface area contributed by atoms with Gasteiger partial charge in [-0.15, -0.1) is 11.3 Å². The molecule has 108 valence electrons. The van der Waals surface area contributed by atoms with Crippen LogP contribution in [-0.4, -0.2) is 19.6 Å². The van der Waals surface area contributed by atoms with E-state index >= 15 is 0 Å². The molecule has 1 saturated carbocycles. The minimum absolute atomic E-state index is 0.0326. The van der Waals surface area contributed by atoms with E-state index in [-0.39, 0.29) is 17.5 Å². The number of aliphatic hydroxyl groups is 1. The summed E-state index contributed by atoms with van der Waals surface area (Å²) in [7, 11) is -3.57. The number of benzene rings is 1. The molecule has 1 aliphatic carbocycles. The van der Waals surface area contributed by atoms with Crippen LogP contribution in [0.4, 0.5) is 0 Å². The van der Waals surface area contributed by atoms with Gasteiger partial charge in [-0.05, 0) is 18.9 Å². The molecule has 0 atom stereocenters. The molecule has 3 rings (SSSR count). The number of hydrogen-bond acceptors (Lipinski definition) is 4. The molecule has 0 saturated heterocycles. The second-order valence-corrected chi connectivity index (χ2v) is 7.90. The zero-order chi connectivity index (χ0) is 14.2. The molecule has 0 spiro atoms. The highest BCUT2D eigenvalue weighted by atomic mass is 32.2. The molecule has 1 aromatic heterocycles. The van der Waals surface area contributed by atoms with Crippen LogP contribution in [0.15, 0.2) is 29.2 Å². The summed E-state index contributed by atoms with van der Waals surface area (Å²) >= 11 is 1.34. The summed E-state index contributed by atoms with van der Waals surface area (Å²) in [6, 6.07) is 7.42. The lowest BCUT2D eigenvalue weighted by Crippen LogP contribution is -2.33. The molecule has 0 unspecified atom stereocenters. The van der Waals surface area contributed by atoms with Crippen molar-refractivity contribution in [3.8, 4) is 0 Å². The van der Waals surface area contributed by atoms with Crippen LogP contribution in [0.25, 0.3) is 10.1 Å². The van der Waals surface area contributed by atoms with E-state index in [1.807, 2.05) is 18.2 Å². The number of thiophene rings is 1. The fourth-order valence-corrected chi connectivity index (χ4v) is 5.90. The normalized spacial score (nSPS) is 17.1. The first-order chi connectivity index (χ1) is 9.62. The monoisotopic (exact) mass is 311 g/mol. The summed E-state index contributed by atoms with van der Waals surface area (Å²) in [5.41, 5.74) is 0. The summed E-state index contributed by atoms with van der Waals surface area (Å²) in [6.45, 7) is -0.250. The lowest BCUT2D eigenvalue weighted by molar-refractivity contribution is 0.282. The number of aliphatic hydroxyl groups excluding tert-OH is 1. The minimum Gasteiger partial charge on any atom is -0.391 e. The molecule has 2 N–H and O–H groups in total. The average Bonchev–Trinajstić information content (AvgIpc) is 3.04. The highest BCUT2D eigenvalue weighted by Gasteiger charge is 2.28. The van der Waals surface area contributed by atoms with Gasteiger partial charge in [0.25, 0.3) is 0 Å². The molecule has 1 heterocycles. The third kappa shape index (κ3) is 2.48. The maximum Gasteiger partial charge on any atom is 0.242 e. The topological polar surface area (TPSA) is 66.4 Å². The van der Waals surface area contributed by atoms with Crippen molar-refractivity contribution in [2.24, 2.45) is 0 Å². The van der Waals surface area contributed by atoms with E-state index in [0.717, 1.165) is 30.4 Å². The molecular weight excluding hydrogens is 294 g/mol. The van der Waals surface area contributed by atoms with Crippen molar-refractivity contribution in [1.29, 1.82) is 0 Å². The Balaban J connectivity index is 2.07. The summed E-state index contributed by atoms with van der Waals surface area (Å²) in [5.74, 6) is 0. The summed E-state index contributed by atoms with van der Waals surface area (Å²) in [6.07, 6.45) is 3.94. The zero-order valence-corrected chi connectivity index (χ0v) is 12.6. The number of rotatable bonds is 4. The van der Waals surface area contributed by atoms with Crippen molar-refractivity contribution in [1.82, 2.24) is 4.72 Å². The first-order valence-electron chi connectivity index (χ1n) is 6.75. The molecule has 4 nitrogen and oxygen atoms in total. The first kappa shape index (κ1) is 14.0. The van der Waals surface area contributed by atoms with Crippen LogP contribution in [0, 0.1) is 0 Å². The van der Waals surface area contributed by atoms with Gasteiger partial charge in [-0.2, -0.15) is 0 Å². The predicted octanol–water partition coefficient (Wildman–Crippen LogP) is 2.61.